The molecule has 7 aromatic carbocycles. The number of nitriles is 1. The SMILES string of the molecule is CCc1cccc(Oc2ccc(CCC(=O)Nc3ccc(Cl)c(C(F)(F)F)c3)cc2)c1.N#Cc1cc(Oc2ccc(CCC(=O)Nc3ccc(Cl)c(C(F)(F)F)c3)cc2)ccn1.NCc1cc(Oc2ccc(CCC(=O)Nc3ccc(Cl)c(C(F)(F)F)c3)cc2)ccn1. The van der Waals surface area contributed by atoms with E-state index >= 15 is 0 Å². The largest absolute Gasteiger partial charge is 0.457 e. The first-order valence-corrected chi connectivity index (χ1v) is 29.3. The average molecular weight is 1340 g/mol. The van der Waals surface area contributed by atoms with Crippen LogP contribution in [0.25, 0.3) is 0 Å². The fourth-order valence-electron chi connectivity index (χ4n) is 8.48. The van der Waals surface area contributed by atoms with Gasteiger partial charge in [-0.3, -0.25) is 19.4 Å². The molecule has 0 saturated heterocycles. The van der Waals surface area contributed by atoms with Crippen LogP contribution in [0, 0.1) is 11.3 Å². The van der Waals surface area contributed by atoms with Gasteiger partial charge in [-0.15, -0.1) is 0 Å². The third-order valence-electron chi connectivity index (χ3n) is 13.2. The third-order valence-corrected chi connectivity index (χ3v) is 14.2. The van der Waals surface area contributed by atoms with Crippen LogP contribution < -0.4 is 35.9 Å². The number of nitrogens with zero attached hydrogens (tertiary/aromatic N) is 3. The van der Waals surface area contributed by atoms with Gasteiger partial charge >= 0.3 is 18.5 Å². The Labute approximate surface area is 543 Å². The highest BCUT2D eigenvalue weighted by molar-refractivity contribution is 6.32. The van der Waals surface area contributed by atoms with Crippen molar-refractivity contribution >= 4 is 69.6 Å². The molecule has 2 heterocycles. The summed E-state index contributed by atoms with van der Waals surface area (Å²) in [6.45, 7) is 2.39. The van der Waals surface area contributed by atoms with Gasteiger partial charge in [-0.25, -0.2) is 4.98 Å². The minimum Gasteiger partial charge on any atom is -0.457 e. The number of alkyl halides is 9. The monoisotopic (exact) mass is 1340 g/mol. The molecule has 0 radical (unpaired) electrons. The van der Waals surface area contributed by atoms with E-state index in [0.29, 0.717) is 60.2 Å². The van der Waals surface area contributed by atoms with E-state index in [1.807, 2.05) is 66.7 Å². The lowest BCUT2D eigenvalue weighted by molar-refractivity contribution is -0.138. The van der Waals surface area contributed by atoms with Crippen molar-refractivity contribution in [3.8, 4) is 40.6 Å². The number of hydrogen-bond donors (Lipinski definition) is 4. The van der Waals surface area contributed by atoms with E-state index in [-0.39, 0.29) is 47.9 Å². The van der Waals surface area contributed by atoms with E-state index in [2.05, 4.69) is 32.8 Å². The van der Waals surface area contributed by atoms with Gasteiger partial charge in [0.05, 0.1) is 37.5 Å². The zero-order valence-corrected chi connectivity index (χ0v) is 51.2. The number of benzene rings is 7. The van der Waals surface area contributed by atoms with Crippen LogP contribution in [0.5, 0.6) is 34.5 Å². The molecule has 9 aromatic rings. The molecule has 0 spiro atoms. The number of amides is 3. The summed E-state index contributed by atoms with van der Waals surface area (Å²) >= 11 is 16.8. The van der Waals surface area contributed by atoms with Gasteiger partial charge in [-0.05, 0) is 163 Å². The first-order valence-electron chi connectivity index (χ1n) is 28.1. The first-order chi connectivity index (χ1) is 44.2. The number of anilines is 3. The first kappa shape index (κ1) is 70.8. The Hall–Kier alpha value is -9.66. The predicted octanol–water partition coefficient (Wildman–Crippen LogP) is 18.8. The molecule has 0 fully saturated rings. The highest BCUT2D eigenvalue weighted by Crippen LogP contribution is 2.39. The van der Waals surface area contributed by atoms with Crippen LogP contribution in [-0.4, -0.2) is 27.7 Å². The molecule has 2 aromatic heterocycles. The Morgan fingerprint density at radius 1 is 0.452 bits per heavy atom. The van der Waals surface area contributed by atoms with Crippen molar-refractivity contribution < 1.29 is 68.1 Å². The summed E-state index contributed by atoms with van der Waals surface area (Å²) in [6, 6.07) is 47.7. The topological polar surface area (TPSA) is 191 Å². The molecule has 93 heavy (non-hydrogen) atoms. The van der Waals surface area contributed by atoms with Gasteiger partial charge in [-0.1, -0.05) is 90.3 Å². The van der Waals surface area contributed by atoms with Crippen LogP contribution in [0.4, 0.5) is 56.6 Å². The quantitative estimate of drug-likeness (QED) is 0.0534. The third kappa shape index (κ3) is 22.9. The number of rotatable bonds is 20. The zero-order chi connectivity index (χ0) is 67.3. The Morgan fingerprint density at radius 3 is 1.15 bits per heavy atom. The van der Waals surface area contributed by atoms with E-state index in [9.17, 15) is 53.9 Å². The molecule has 5 N–H and O–H groups in total. The fourth-order valence-corrected chi connectivity index (χ4v) is 9.16. The Morgan fingerprint density at radius 2 is 0.806 bits per heavy atom. The molecule has 0 aliphatic carbocycles. The summed E-state index contributed by atoms with van der Waals surface area (Å²) in [7, 11) is 0. The second-order valence-corrected chi connectivity index (χ2v) is 21.4. The van der Waals surface area contributed by atoms with Gasteiger partial charge in [0.2, 0.25) is 17.7 Å². The van der Waals surface area contributed by atoms with Crippen molar-refractivity contribution in [2.24, 2.45) is 5.73 Å². The summed E-state index contributed by atoms with van der Waals surface area (Å²) in [5.74, 6) is 2.48. The number of carbonyl (C=O) groups excluding carboxylic acids is 3. The molecule has 3 amide bonds. The maximum Gasteiger partial charge on any atom is 0.417 e. The molecule has 0 aliphatic heterocycles. The van der Waals surface area contributed by atoms with Crippen LogP contribution in [0.3, 0.4) is 0 Å². The van der Waals surface area contributed by atoms with Crippen LogP contribution in [0.2, 0.25) is 15.1 Å². The Balaban J connectivity index is 0.000000198. The van der Waals surface area contributed by atoms with E-state index < -0.39 is 62.1 Å². The van der Waals surface area contributed by atoms with Crippen molar-refractivity contribution in [1.82, 2.24) is 9.97 Å². The van der Waals surface area contributed by atoms with Crippen molar-refractivity contribution in [2.45, 2.75) is 76.9 Å². The second-order valence-electron chi connectivity index (χ2n) is 20.1. The molecular formula is C68H55Cl3F9N7O6. The number of aryl methyl sites for hydroxylation is 4. The smallest absolute Gasteiger partial charge is 0.417 e. The van der Waals surface area contributed by atoms with E-state index in [1.54, 1.807) is 60.8 Å². The van der Waals surface area contributed by atoms with E-state index in [0.717, 1.165) is 65.3 Å². The number of aromatic nitrogens is 2. The summed E-state index contributed by atoms with van der Waals surface area (Å²) in [4.78, 5) is 44.4. The van der Waals surface area contributed by atoms with Gasteiger partial charge < -0.3 is 35.9 Å². The van der Waals surface area contributed by atoms with Gasteiger partial charge in [0, 0.05) is 67.4 Å². The minimum absolute atomic E-state index is 0.0274. The molecule has 0 saturated carbocycles. The maximum absolute atomic E-state index is 12.9. The molecular weight excluding hydrogens is 1290 g/mol. The van der Waals surface area contributed by atoms with Crippen molar-refractivity contribution in [1.29, 1.82) is 5.26 Å². The fraction of sp³-hybridized carbons (Fsp3) is 0.176. The van der Waals surface area contributed by atoms with Crippen molar-refractivity contribution in [3.63, 3.8) is 0 Å². The lowest BCUT2D eigenvalue weighted by Gasteiger charge is -2.12. The number of hydrogen-bond acceptors (Lipinski definition) is 10. The molecule has 482 valence electrons. The highest BCUT2D eigenvalue weighted by Gasteiger charge is 2.35. The Bertz CT molecular complexity index is 3890. The van der Waals surface area contributed by atoms with Crippen molar-refractivity contribution in [2.75, 3.05) is 16.0 Å². The second kappa shape index (κ2) is 33.1. The Kier molecular flexibility index (Phi) is 25.2. The standard InChI is InChI=1S/C24H21ClF3NO2.C22H19ClF3N3O2.C22H15ClF3N3O2/c1-2-16-4-3-5-20(14-16)31-19-10-6-17(7-11-19)8-13-23(30)29-18-9-12-22(25)21(15-18)24(26,27)28;2*23-20-7-4-15(12-19(20)22(24,25)26)29-21(30)8-3-14-1-5-17(6-2-14)31-18-9-10-28-16(11-18)13-27/h3-7,9-12,14-15H,2,8,13H2,1H3,(H,29,30);1-2,4-7,9-12H,3,8,13,27H2,(H,29,30);1-2,4-7,9-12H,3,8H2,(H,29,30). The molecule has 25 heteroatoms. The van der Waals surface area contributed by atoms with Crippen molar-refractivity contribution in [3.05, 3.63) is 254 Å². The van der Waals surface area contributed by atoms with Gasteiger partial charge in [0.1, 0.15) is 46.3 Å². The zero-order valence-electron chi connectivity index (χ0n) is 49.0. The summed E-state index contributed by atoms with van der Waals surface area (Å²) in [5.41, 5.74) is 7.50. The lowest BCUT2D eigenvalue weighted by atomic mass is 10.1. The highest BCUT2D eigenvalue weighted by atomic mass is 35.5. The van der Waals surface area contributed by atoms with Gasteiger partial charge in [0.25, 0.3) is 0 Å². The summed E-state index contributed by atoms with van der Waals surface area (Å²) < 4.78 is 134. The molecule has 0 aliphatic rings. The van der Waals surface area contributed by atoms with Gasteiger partial charge in [-0.2, -0.15) is 44.8 Å². The van der Waals surface area contributed by atoms with Crippen LogP contribution in [0.1, 0.15) is 76.5 Å². The van der Waals surface area contributed by atoms with Crippen LogP contribution >= 0.6 is 34.8 Å². The summed E-state index contributed by atoms with van der Waals surface area (Å²) in [5, 5.41) is 15.0. The number of nitrogens with two attached hydrogens (primary N) is 1. The number of carbonyl (C=O) groups is 3. The molecule has 9 rings (SSSR count). The molecule has 13 nitrogen and oxygen atoms in total. The lowest BCUT2D eigenvalue weighted by Crippen LogP contribution is -2.14. The number of nitrogens with one attached hydrogen (secondary N) is 3. The van der Waals surface area contributed by atoms with Crippen LogP contribution in [-0.2, 0) is 65.1 Å². The van der Waals surface area contributed by atoms with E-state index in [4.69, 9.17) is 60.0 Å². The molecule has 0 unspecified atom stereocenters. The average Bonchev–Trinajstić information content (AvgIpc) is 1.73. The predicted molar refractivity (Wildman–Crippen MR) is 337 cm³/mol. The summed E-state index contributed by atoms with van der Waals surface area (Å²) in [6.07, 6.45) is -8.21. The maximum atomic E-state index is 12.9. The normalized spacial score (nSPS) is 11.2. The van der Waals surface area contributed by atoms with E-state index in [1.165, 1.54) is 36.0 Å². The molecule has 0 atom stereocenters. The van der Waals surface area contributed by atoms with Gasteiger partial charge in [0.15, 0.2) is 0 Å². The number of halogens is 12. The number of ether oxygens (including phenoxy) is 3. The number of pyridine rings is 2. The van der Waals surface area contributed by atoms with Crippen LogP contribution in [0.15, 0.2) is 188 Å². The molecule has 0 bridgehead atoms. The minimum atomic E-state index is -4.60.